The normalized spacial score (nSPS) is 11.8. The molecule has 2 N–H and O–H groups in total. The molecule has 7 heteroatoms. The molecule has 1 aromatic rings. The summed E-state index contributed by atoms with van der Waals surface area (Å²) in [6.45, 7) is 7.02. The van der Waals surface area contributed by atoms with E-state index in [2.05, 4.69) is 34.4 Å². The number of alkyl halides is 3. The minimum absolute atomic E-state index is 0.182. The van der Waals surface area contributed by atoms with E-state index < -0.39 is 12.0 Å². The molecule has 0 saturated heterocycles. The van der Waals surface area contributed by atoms with E-state index in [4.69, 9.17) is 0 Å². The number of hydrogen-bond donors (Lipinski definition) is 2. The molecule has 0 aliphatic carbocycles. The summed E-state index contributed by atoms with van der Waals surface area (Å²) >= 11 is 0. The largest absolute Gasteiger partial charge is 0.451 e. The van der Waals surface area contributed by atoms with Crippen molar-refractivity contribution >= 4 is 11.6 Å². The van der Waals surface area contributed by atoms with E-state index in [1.807, 2.05) is 0 Å². The molecular weight excluding hydrogens is 269 g/mol. The second-order valence-corrected chi connectivity index (χ2v) is 4.55. The van der Waals surface area contributed by atoms with E-state index >= 15 is 0 Å². The lowest BCUT2D eigenvalue weighted by Crippen LogP contribution is -2.18. The molecule has 0 radical (unpaired) electrons. The second-order valence-electron chi connectivity index (χ2n) is 4.55. The van der Waals surface area contributed by atoms with E-state index in [0.29, 0.717) is 19.0 Å². The monoisotopic (exact) mass is 290 g/mol. The Labute approximate surface area is 117 Å². The quantitative estimate of drug-likeness (QED) is 0.802. The van der Waals surface area contributed by atoms with E-state index in [1.54, 1.807) is 6.92 Å². The van der Waals surface area contributed by atoms with Gasteiger partial charge in [-0.2, -0.15) is 13.2 Å². The molecule has 0 fully saturated rings. The average molecular weight is 290 g/mol. The summed E-state index contributed by atoms with van der Waals surface area (Å²) in [5, 5.41) is 5.75. The fraction of sp³-hybridized carbons (Fsp3) is 0.692. The Balaban J connectivity index is 2.91. The maximum atomic E-state index is 12.7. The Morgan fingerprint density at radius 1 is 1.05 bits per heavy atom. The topological polar surface area (TPSA) is 49.8 Å². The lowest BCUT2D eigenvalue weighted by molar-refractivity contribution is -0.144. The molecule has 114 valence electrons. The van der Waals surface area contributed by atoms with Gasteiger partial charge in [0.15, 0.2) is 0 Å². The molecule has 1 aromatic heterocycles. The predicted octanol–water partition coefficient (Wildman–Crippen LogP) is 3.78. The van der Waals surface area contributed by atoms with Crippen LogP contribution in [0.5, 0.6) is 0 Å². The van der Waals surface area contributed by atoms with E-state index in [-0.39, 0.29) is 11.6 Å². The number of anilines is 2. The molecule has 20 heavy (non-hydrogen) atoms. The molecule has 0 aliphatic rings. The molecule has 0 unspecified atom stereocenters. The molecule has 0 amide bonds. The lowest BCUT2D eigenvalue weighted by Gasteiger charge is -2.15. The van der Waals surface area contributed by atoms with Crippen LogP contribution < -0.4 is 10.6 Å². The Morgan fingerprint density at radius 2 is 1.60 bits per heavy atom. The summed E-state index contributed by atoms with van der Waals surface area (Å²) < 4.78 is 38.2. The van der Waals surface area contributed by atoms with E-state index in [0.717, 1.165) is 12.8 Å². The van der Waals surface area contributed by atoms with Crippen molar-refractivity contribution in [2.75, 3.05) is 23.7 Å². The standard InChI is InChI=1S/C13H21F3N4/c1-4-9(5-2)8-18-11-7-10(17-6-3)19-12(20-11)13(14,15)16/h7,9H,4-6,8H2,1-3H3,(H2,17,18,19,20). The van der Waals surface area contributed by atoms with E-state index in [1.165, 1.54) is 6.07 Å². The van der Waals surface area contributed by atoms with Crippen LogP contribution in [0.25, 0.3) is 0 Å². The van der Waals surface area contributed by atoms with Crippen LogP contribution in [0.1, 0.15) is 39.4 Å². The van der Waals surface area contributed by atoms with Crippen molar-refractivity contribution in [1.29, 1.82) is 0 Å². The van der Waals surface area contributed by atoms with Crippen molar-refractivity contribution in [3.05, 3.63) is 11.9 Å². The molecule has 0 atom stereocenters. The van der Waals surface area contributed by atoms with Crippen LogP contribution in [0.4, 0.5) is 24.8 Å². The maximum Gasteiger partial charge on any atom is 0.451 e. The third-order valence-corrected chi connectivity index (χ3v) is 3.06. The third-order valence-electron chi connectivity index (χ3n) is 3.06. The van der Waals surface area contributed by atoms with Crippen molar-refractivity contribution in [2.24, 2.45) is 5.92 Å². The van der Waals surface area contributed by atoms with Gasteiger partial charge in [-0.05, 0) is 12.8 Å². The molecule has 4 nitrogen and oxygen atoms in total. The van der Waals surface area contributed by atoms with Gasteiger partial charge in [-0.3, -0.25) is 0 Å². The van der Waals surface area contributed by atoms with Gasteiger partial charge in [-0.25, -0.2) is 9.97 Å². The molecule has 0 bridgehead atoms. The van der Waals surface area contributed by atoms with Crippen LogP contribution in [-0.4, -0.2) is 23.1 Å². The highest BCUT2D eigenvalue weighted by molar-refractivity contribution is 5.47. The van der Waals surface area contributed by atoms with Gasteiger partial charge in [0, 0.05) is 19.2 Å². The zero-order valence-corrected chi connectivity index (χ0v) is 12.0. The van der Waals surface area contributed by atoms with Crippen molar-refractivity contribution in [3.63, 3.8) is 0 Å². The Kier molecular flexibility index (Phi) is 6.04. The first-order valence-electron chi connectivity index (χ1n) is 6.84. The highest BCUT2D eigenvalue weighted by Gasteiger charge is 2.35. The summed E-state index contributed by atoms with van der Waals surface area (Å²) in [6.07, 6.45) is -2.60. The Bertz CT molecular complexity index is 417. The van der Waals surface area contributed by atoms with Gasteiger partial charge in [-0.1, -0.05) is 26.7 Å². The molecule has 0 aliphatic heterocycles. The summed E-state index contributed by atoms with van der Waals surface area (Å²) in [7, 11) is 0. The zero-order valence-electron chi connectivity index (χ0n) is 12.0. The van der Waals surface area contributed by atoms with Crippen LogP contribution >= 0.6 is 0 Å². The number of aromatic nitrogens is 2. The fourth-order valence-electron chi connectivity index (χ4n) is 1.76. The fourth-order valence-corrected chi connectivity index (χ4v) is 1.76. The minimum atomic E-state index is -4.54. The first-order chi connectivity index (χ1) is 9.40. The Hall–Kier alpha value is -1.53. The maximum absolute atomic E-state index is 12.7. The van der Waals surface area contributed by atoms with Gasteiger partial charge in [-0.15, -0.1) is 0 Å². The molecule has 0 spiro atoms. The first-order valence-corrected chi connectivity index (χ1v) is 6.84. The second kappa shape index (κ2) is 7.31. The lowest BCUT2D eigenvalue weighted by atomic mass is 10.0. The zero-order chi connectivity index (χ0) is 15.2. The molecular formula is C13H21F3N4. The average Bonchev–Trinajstić information content (AvgIpc) is 2.39. The molecule has 1 rings (SSSR count). The highest BCUT2D eigenvalue weighted by atomic mass is 19.4. The first kappa shape index (κ1) is 16.5. The van der Waals surface area contributed by atoms with Gasteiger partial charge in [0.2, 0.25) is 5.82 Å². The van der Waals surface area contributed by atoms with Gasteiger partial charge in [0.1, 0.15) is 11.6 Å². The van der Waals surface area contributed by atoms with Gasteiger partial charge < -0.3 is 10.6 Å². The number of rotatable bonds is 7. The number of nitrogens with one attached hydrogen (secondary N) is 2. The molecule has 1 heterocycles. The third kappa shape index (κ3) is 4.86. The smallest absolute Gasteiger partial charge is 0.370 e. The van der Waals surface area contributed by atoms with Crippen molar-refractivity contribution in [3.8, 4) is 0 Å². The minimum Gasteiger partial charge on any atom is -0.370 e. The summed E-state index contributed by atoms with van der Waals surface area (Å²) in [4.78, 5) is 7.01. The van der Waals surface area contributed by atoms with Crippen LogP contribution in [0.15, 0.2) is 6.07 Å². The molecule has 0 aromatic carbocycles. The van der Waals surface area contributed by atoms with Gasteiger partial charge in [0.05, 0.1) is 0 Å². The number of nitrogens with zero attached hydrogens (tertiary/aromatic N) is 2. The molecule has 0 saturated carbocycles. The van der Waals surface area contributed by atoms with Crippen LogP contribution in [0.3, 0.4) is 0 Å². The SMILES string of the molecule is CCNc1cc(NCC(CC)CC)nc(C(F)(F)F)n1. The Morgan fingerprint density at radius 3 is 2.05 bits per heavy atom. The van der Waals surface area contributed by atoms with Crippen molar-refractivity contribution < 1.29 is 13.2 Å². The predicted molar refractivity (Wildman–Crippen MR) is 73.8 cm³/mol. The van der Waals surface area contributed by atoms with Crippen LogP contribution in [0.2, 0.25) is 0 Å². The van der Waals surface area contributed by atoms with Crippen LogP contribution in [0, 0.1) is 5.92 Å². The number of hydrogen-bond acceptors (Lipinski definition) is 4. The van der Waals surface area contributed by atoms with Gasteiger partial charge in [0.25, 0.3) is 0 Å². The summed E-state index contributed by atoms with van der Waals surface area (Å²) in [6, 6.07) is 1.50. The van der Waals surface area contributed by atoms with Crippen LogP contribution in [-0.2, 0) is 6.18 Å². The van der Waals surface area contributed by atoms with Crippen molar-refractivity contribution in [1.82, 2.24) is 9.97 Å². The number of halogens is 3. The highest BCUT2D eigenvalue weighted by Crippen LogP contribution is 2.28. The van der Waals surface area contributed by atoms with Crippen molar-refractivity contribution in [2.45, 2.75) is 39.8 Å². The van der Waals surface area contributed by atoms with Gasteiger partial charge >= 0.3 is 6.18 Å². The van der Waals surface area contributed by atoms with E-state index in [9.17, 15) is 13.2 Å². The summed E-state index contributed by atoms with van der Waals surface area (Å²) in [5.41, 5.74) is 0. The summed E-state index contributed by atoms with van der Waals surface area (Å²) in [5.74, 6) is -0.318.